The molecule has 1 aliphatic rings. The SMILES string of the molecule is CC1(C)N=C(c2cn[nH]c2)N([O])C1(C)C. The highest BCUT2D eigenvalue weighted by Gasteiger charge is 2.50. The van der Waals surface area contributed by atoms with Crippen molar-refractivity contribution in [2.24, 2.45) is 4.99 Å². The van der Waals surface area contributed by atoms with Gasteiger partial charge in [-0.05, 0) is 27.7 Å². The van der Waals surface area contributed by atoms with Crippen molar-refractivity contribution in [1.82, 2.24) is 15.3 Å². The van der Waals surface area contributed by atoms with Gasteiger partial charge in [-0.25, -0.2) is 0 Å². The van der Waals surface area contributed by atoms with E-state index in [0.717, 1.165) is 10.6 Å². The number of rotatable bonds is 1. The van der Waals surface area contributed by atoms with E-state index in [4.69, 9.17) is 0 Å². The first-order valence-corrected chi connectivity index (χ1v) is 4.92. The summed E-state index contributed by atoms with van der Waals surface area (Å²) in [6.45, 7) is 7.73. The first kappa shape index (κ1) is 10.2. The number of nitrogens with zero attached hydrogens (tertiary/aromatic N) is 3. The first-order valence-electron chi connectivity index (χ1n) is 4.92. The fourth-order valence-corrected chi connectivity index (χ4v) is 1.52. The number of hydrogen-bond acceptors (Lipinski definition) is 3. The smallest absolute Gasteiger partial charge is 0.162 e. The molecular weight excluding hydrogens is 192 g/mol. The third-order valence-electron chi connectivity index (χ3n) is 3.34. The minimum atomic E-state index is -0.528. The van der Waals surface area contributed by atoms with Gasteiger partial charge in [-0.3, -0.25) is 10.1 Å². The molecule has 0 atom stereocenters. The molecule has 0 amide bonds. The summed E-state index contributed by atoms with van der Waals surface area (Å²) in [7, 11) is 0. The van der Waals surface area contributed by atoms with Crippen LogP contribution in [0.5, 0.6) is 0 Å². The van der Waals surface area contributed by atoms with Gasteiger partial charge in [0.15, 0.2) is 5.84 Å². The van der Waals surface area contributed by atoms with Crippen LogP contribution in [-0.4, -0.2) is 32.2 Å². The van der Waals surface area contributed by atoms with Gasteiger partial charge in [-0.1, -0.05) is 5.21 Å². The Balaban J connectivity index is 2.46. The molecule has 1 N–H and O–H groups in total. The number of nitrogens with one attached hydrogen (secondary N) is 1. The molecule has 5 nitrogen and oxygen atoms in total. The van der Waals surface area contributed by atoms with Crippen molar-refractivity contribution in [3.8, 4) is 0 Å². The lowest BCUT2D eigenvalue weighted by Gasteiger charge is -2.35. The van der Waals surface area contributed by atoms with Gasteiger partial charge in [0, 0.05) is 6.20 Å². The highest BCUT2D eigenvalue weighted by atomic mass is 16.5. The second kappa shape index (κ2) is 2.82. The predicted octanol–water partition coefficient (Wildman–Crippen LogP) is 1.37. The molecule has 5 heteroatoms. The first-order chi connectivity index (χ1) is 6.86. The van der Waals surface area contributed by atoms with Crippen molar-refractivity contribution < 1.29 is 5.21 Å². The summed E-state index contributed by atoms with van der Waals surface area (Å²) in [4.78, 5) is 4.47. The highest BCUT2D eigenvalue weighted by molar-refractivity contribution is 5.99. The zero-order valence-electron chi connectivity index (χ0n) is 9.40. The number of aromatic nitrogens is 2. The van der Waals surface area contributed by atoms with Gasteiger partial charge in [0.05, 0.1) is 22.8 Å². The standard InChI is InChI=1S/C10H15N4O/c1-9(2)10(3,4)14(15)8(13-9)7-5-11-12-6-7/h5-6H,1-4H3,(H,11,12). The van der Waals surface area contributed by atoms with E-state index in [-0.39, 0.29) is 5.54 Å². The zero-order valence-corrected chi connectivity index (χ0v) is 9.40. The van der Waals surface area contributed by atoms with E-state index < -0.39 is 5.54 Å². The molecule has 0 spiro atoms. The van der Waals surface area contributed by atoms with E-state index >= 15 is 0 Å². The number of hydroxylamine groups is 2. The average molecular weight is 207 g/mol. The summed E-state index contributed by atoms with van der Waals surface area (Å²) in [5, 5.41) is 19.6. The Kier molecular flexibility index (Phi) is 1.91. The molecule has 2 heterocycles. The molecule has 81 valence electrons. The summed E-state index contributed by atoms with van der Waals surface area (Å²) in [5.41, 5.74) is -0.176. The van der Waals surface area contributed by atoms with E-state index in [0.29, 0.717) is 5.84 Å². The van der Waals surface area contributed by atoms with Crippen LogP contribution in [0.15, 0.2) is 17.4 Å². The quantitative estimate of drug-likeness (QED) is 0.756. The van der Waals surface area contributed by atoms with Gasteiger partial charge in [0.25, 0.3) is 0 Å². The molecule has 15 heavy (non-hydrogen) atoms. The van der Waals surface area contributed by atoms with Gasteiger partial charge >= 0.3 is 0 Å². The van der Waals surface area contributed by atoms with Gasteiger partial charge in [-0.2, -0.15) is 10.2 Å². The molecule has 0 fully saturated rings. The molecule has 1 radical (unpaired) electrons. The van der Waals surface area contributed by atoms with Crippen molar-refractivity contribution in [3.63, 3.8) is 0 Å². The van der Waals surface area contributed by atoms with Gasteiger partial charge in [0.2, 0.25) is 0 Å². The maximum atomic E-state index is 12.1. The van der Waals surface area contributed by atoms with Crippen molar-refractivity contribution in [3.05, 3.63) is 18.0 Å². The Hall–Kier alpha value is -1.36. The van der Waals surface area contributed by atoms with E-state index in [1.807, 2.05) is 27.7 Å². The van der Waals surface area contributed by atoms with Crippen LogP contribution in [0, 0.1) is 0 Å². The maximum Gasteiger partial charge on any atom is 0.162 e. The van der Waals surface area contributed by atoms with Crippen molar-refractivity contribution in [1.29, 1.82) is 0 Å². The van der Waals surface area contributed by atoms with Gasteiger partial charge < -0.3 is 0 Å². The third kappa shape index (κ3) is 1.26. The normalized spacial score (nSPS) is 23.0. The molecular formula is C10H15N4O. The van der Waals surface area contributed by atoms with Crippen molar-refractivity contribution >= 4 is 5.84 Å². The summed E-state index contributed by atoms with van der Waals surface area (Å²) in [6.07, 6.45) is 3.29. The van der Waals surface area contributed by atoms with E-state index in [1.54, 1.807) is 12.4 Å². The van der Waals surface area contributed by atoms with Crippen molar-refractivity contribution in [2.45, 2.75) is 38.8 Å². The second-order valence-corrected chi connectivity index (χ2v) is 4.83. The molecule has 2 rings (SSSR count). The van der Waals surface area contributed by atoms with Crippen LogP contribution in [0.25, 0.3) is 0 Å². The molecule has 0 saturated heterocycles. The third-order valence-corrected chi connectivity index (χ3v) is 3.34. The lowest BCUT2D eigenvalue weighted by Crippen LogP contribution is -2.50. The molecule has 0 bridgehead atoms. The average Bonchev–Trinajstić information content (AvgIpc) is 2.69. The van der Waals surface area contributed by atoms with Crippen LogP contribution < -0.4 is 0 Å². The summed E-state index contributed by atoms with van der Waals surface area (Å²) < 4.78 is 0. The largest absolute Gasteiger partial charge is 0.285 e. The maximum absolute atomic E-state index is 12.1. The molecule has 0 aromatic carbocycles. The minimum Gasteiger partial charge on any atom is -0.285 e. The number of hydrogen-bond donors (Lipinski definition) is 1. The Labute approximate surface area is 88.8 Å². The second-order valence-electron chi connectivity index (χ2n) is 4.83. The fraction of sp³-hybridized carbons (Fsp3) is 0.600. The Morgan fingerprint density at radius 2 is 2.00 bits per heavy atom. The number of aliphatic imine (C=N–C) groups is 1. The Bertz CT molecular complexity index is 392. The molecule has 0 saturated carbocycles. The Morgan fingerprint density at radius 3 is 2.40 bits per heavy atom. The van der Waals surface area contributed by atoms with Crippen LogP contribution in [0.1, 0.15) is 33.3 Å². The Morgan fingerprint density at radius 1 is 1.33 bits per heavy atom. The molecule has 0 unspecified atom stereocenters. The summed E-state index contributed by atoms with van der Waals surface area (Å²) in [6, 6.07) is 0. The lowest BCUT2D eigenvalue weighted by molar-refractivity contribution is -0.158. The minimum absolute atomic E-state index is 0.388. The van der Waals surface area contributed by atoms with Crippen LogP contribution in [0.3, 0.4) is 0 Å². The fourth-order valence-electron chi connectivity index (χ4n) is 1.52. The predicted molar refractivity (Wildman–Crippen MR) is 55.8 cm³/mol. The number of amidine groups is 1. The van der Waals surface area contributed by atoms with Crippen LogP contribution in [0.2, 0.25) is 0 Å². The van der Waals surface area contributed by atoms with Crippen LogP contribution >= 0.6 is 0 Å². The molecule has 0 aliphatic carbocycles. The summed E-state index contributed by atoms with van der Waals surface area (Å²) in [5.74, 6) is 0.457. The van der Waals surface area contributed by atoms with Crippen molar-refractivity contribution in [2.75, 3.05) is 0 Å². The number of aromatic amines is 1. The van der Waals surface area contributed by atoms with E-state index in [2.05, 4.69) is 15.2 Å². The molecule has 1 aromatic heterocycles. The summed E-state index contributed by atoms with van der Waals surface area (Å²) >= 11 is 0. The van der Waals surface area contributed by atoms with E-state index in [9.17, 15) is 5.21 Å². The van der Waals surface area contributed by atoms with Crippen LogP contribution in [0.4, 0.5) is 0 Å². The number of H-pyrrole nitrogens is 1. The molecule has 1 aliphatic heterocycles. The topological polar surface area (TPSA) is 64.2 Å². The highest BCUT2D eigenvalue weighted by Crippen LogP contribution is 2.37. The van der Waals surface area contributed by atoms with E-state index in [1.165, 1.54) is 0 Å². The lowest BCUT2D eigenvalue weighted by atomic mass is 9.84. The molecule has 1 aromatic rings. The monoisotopic (exact) mass is 207 g/mol. The van der Waals surface area contributed by atoms with Gasteiger partial charge in [0.1, 0.15) is 0 Å². The zero-order chi connectivity index (χ0) is 11.3. The van der Waals surface area contributed by atoms with Crippen LogP contribution in [-0.2, 0) is 5.21 Å². The van der Waals surface area contributed by atoms with Gasteiger partial charge in [-0.15, -0.1) is 0 Å².